The topological polar surface area (TPSA) is 20.7 Å². The maximum absolute atomic E-state index is 5.16. The zero-order chi connectivity index (χ0) is 10.4. The lowest BCUT2D eigenvalue weighted by Gasteiger charge is -2.05. The highest BCUT2D eigenvalue weighted by Crippen LogP contribution is 2.02. The predicted molar refractivity (Wildman–Crippen MR) is 64.6 cm³/mol. The predicted octanol–water partition coefficient (Wildman–Crippen LogP) is 3.86. The van der Waals surface area contributed by atoms with Gasteiger partial charge in [-0.05, 0) is 24.7 Å². The van der Waals surface area contributed by atoms with Gasteiger partial charge in [0.25, 0.3) is 0 Å². The lowest BCUT2D eigenvalue weighted by molar-refractivity contribution is 0.569. The second-order valence-electron chi connectivity index (χ2n) is 3.36. The van der Waals surface area contributed by atoms with E-state index in [9.17, 15) is 0 Å². The van der Waals surface area contributed by atoms with Crippen LogP contribution in [0.1, 0.15) is 32.6 Å². The van der Waals surface area contributed by atoms with Gasteiger partial charge in [-0.3, -0.25) is 0 Å². The van der Waals surface area contributed by atoms with Gasteiger partial charge in [0, 0.05) is 12.7 Å². The summed E-state index contributed by atoms with van der Waals surface area (Å²) >= 11 is 10.1. The van der Waals surface area contributed by atoms with Crippen LogP contribution >= 0.6 is 24.4 Å². The number of aromatic amines is 1. The summed E-state index contributed by atoms with van der Waals surface area (Å²) in [6, 6.07) is 1.88. The maximum Gasteiger partial charge on any atom is 0.178 e. The van der Waals surface area contributed by atoms with Crippen LogP contribution in [0.5, 0.6) is 0 Å². The highest BCUT2D eigenvalue weighted by Gasteiger charge is 1.92. The monoisotopic (exact) mass is 228 g/mol. The molecule has 1 rings (SSSR count). The zero-order valence-corrected chi connectivity index (χ0v) is 10.1. The molecule has 14 heavy (non-hydrogen) atoms. The van der Waals surface area contributed by atoms with Gasteiger partial charge < -0.3 is 9.55 Å². The molecule has 1 N–H and O–H groups in total. The van der Waals surface area contributed by atoms with Crippen molar-refractivity contribution >= 4 is 24.4 Å². The Balaban J connectivity index is 2.51. The fraction of sp³-hybridized carbons (Fsp3) is 0.600. The molecular weight excluding hydrogens is 212 g/mol. The van der Waals surface area contributed by atoms with E-state index < -0.39 is 0 Å². The normalized spacial score (nSPS) is 10.4. The van der Waals surface area contributed by atoms with Crippen molar-refractivity contribution in [3.63, 3.8) is 0 Å². The van der Waals surface area contributed by atoms with Gasteiger partial charge in [-0.25, -0.2) is 0 Å². The Hall–Kier alpha value is -0.480. The average Bonchev–Trinajstić information content (AvgIpc) is 2.15. The van der Waals surface area contributed by atoms with Crippen LogP contribution < -0.4 is 0 Å². The smallest absolute Gasteiger partial charge is 0.178 e. The van der Waals surface area contributed by atoms with Gasteiger partial charge in [0.2, 0.25) is 0 Å². The van der Waals surface area contributed by atoms with E-state index >= 15 is 0 Å². The number of hydrogen-bond acceptors (Lipinski definition) is 2. The second-order valence-corrected chi connectivity index (χ2v) is 4.19. The SMILES string of the molecule is CCCCCCn1ccc(=S)[nH]c1=S. The van der Waals surface area contributed by atoms with Crippen LogP contribution in [0, 0.1) is 9.41 Å². The third-order valence-corrected chi connectivity index (χ3v) is 2.72. The van der Waals surface area contributed by atoms with Gasteiger partial charge in [0.1, 0.15) is 4.64 Å². The van der Waals surface area contributed by atoms with Crippen molar-refractivity contribution in [2.24, 2.45) is 0 Å². The second kappa shape index (κ2) is 6.09. The molecule has 0 unspecified atom stereocenters. The third kappa shape index (κ3) is 3.72. The maximum atomic E-state index is 5.16. The molecule has 0 amide bonds. The van der Waals surface area contributed by atoms with E-state index in [1.807, 2.05) is 16.8 Å². The Morgan fingerprint density at radius 2 is 2.07 bits per heavy atom. The molecule has 0 spiro atoms. The standard InChI is InChI=1S/C10H16N2S2/c1-2-3-4-5-7-12-8-6-9(13)11-10(12)14/h6,8H,2-5,7H2,1H3,(H,11,13,14). The molecule has 0 saturated carbocycles. The Kier molecular flexibility index (Phi) is 5.04. The summed E-state index contributed by atoms with van der Waals surface area (Å²) in [7, 11) is 0. The molecule has 1 aromatic rings. The summed E-state index contributed by atoms with van der Waals surface area (Å²) in [5.74, 6) is 0. The number of nitrogens with one attached hydrogen (secondary N) is 1. The van der Waals surface area contributed by atoms with Gasteiger partial charge in [0.05, 0.1) is 0 Å². The van der Waals surface area contributed by atoms with Gasteiger partial charge in [-0.15, -0.1) is 0 Å². The molecular formula is C10H16N2S2. The quantitative estimate of drug-likeness (QED) is 0.610. The fourth-order valence-electron chi connectivity index (χ4n) is 1.33. The van der Waals surface area contributed by atoms with Crippen LogP contribution in [0.4, 0.5) is 0 Å². The van der Waals surface area contributed by atoms with Crippen LogP contribution in [0.3, 0.4) is 0 Å². The van der Waals surface area contributed by atoms with E-state index in [2.05, 4.69) is 11.9 Å². The molecule has 0 bridgehead atoms. The number of aryl methyl sites for hydroxylation is 1. The van der Waals surface area contributed by atoms with Gasteiger partial charge >= 0.3 is 0 Å². The Labute approximate surface area is 95.0 Å². The number of unbranched alkanes of at least 4 members (excludes halogenated alkanes) is 3. The number of H-pyrrole nitrogens is 1. The minimum Gasteiger partial charge on any atom is -0.325 e. The van der Waals surface area contributed by atoms with E-state index in [1.165, 1.54) is 25.7 Å². The molecule has 0 radical (unpaired) electrons. The molecule has 2 nitrogen and oxygen atoms in total. The average molecular weight is 228 g/mol. The summed E-state index contributed by atoms with van der Waals surface area (Å²) in [6.45, 7) is 3.20. The van der Waals surface area contributed by atoms with Crippen molar-refractivity contribution < 1.29 is 0 Å². The molecule has 1 heterocycles. The first-order valence-electron chi connectivity index (χ1n) is 5.04. The van der Waals surface area contributed by atoms with Crippen LogP contribution in [-0.4, -0.2) is 9.55 Å². The van der Waals surface area contributed by atoms with Crippen molar-refractivity contribution in [3.05, 3.63) is 21.7 Å². The van der Waals surface area contributed by atoms with Crippen LogP contribution in [-0.2, 0) is 6.54 Å². The minimum absolute atomic E-state index is 0.708. The molecule has 0 aliphatic heterocycles. The summed E-state index contributed by atoms with van der Waals surface area (Å²) in [4.78, 5) is 2.97. The zero-order valence-electron chi connectivity index (χ0n) is 8.45. The van der Waals surface area contributed by atoms with Gasteiger partial charge in [-0.2, -0.15) is 0 Å². The molecule has 0 atom stereocenters. The highest BCUT2D eigenvalue weighted by atomic mass is 32.1. The van der Waals surface area contributed by atoms with E-state index in [4.69, 9.17) is 24.4 Å². The first-order chi connectivity index (χ1) is 6.74. The van der Waals surface area contributed by atoms with Crippen LogP contribution in [0.25, 0.3) is 0 Å². The molecule has 78 valence electrons. The number of nitrogens with zero attached hydrogens (tertiary/aromatic N) is 1. The molecule has 0 aliphatic carbocycles. The minimum atomic E-state index is 0.708. The largest absolute Gasteiger partial charge is 0.325 e. The molecule has 0 fully saturated rings. The molecule has 4 heteroatoms. The Morgan fingerprint density at radius 3 is 2.71 bits per heavy atom. The number of aromatic nitrogens is 2. The third-order valence-electron chi connectivity index (χ3n) is 2.15. The van der Waals surface area contributed by atoms with Crippen molar-refractivity contribution in [1.82, 2.24) is 9.55 Å². The summed E-state index contributed by atoms with van der Waals surface area (Å²) in [5, 5.41) is 0. The van der Waals surface area contributed by atoms with E-state index in [1.54, 1.807) is 0 Å². The summed E-state index contributed by atoms with van der Waals surface area (Å²) in [5.41, 5.74) is 0. The van der Waals surface area contributed by atoms with E-state index in [-0.39, 0.29) is 0 Å². The first-order valence-corrected chi connectivity index (χ1v) is 5.85. The van der Waals surface area contributed by atoms with Crippen molar-refractivity contribution in [2.75, 3.05) is 0 Å². The van der Waals surface area contributed by atoms with Crippen LogP contribution in [0.15, 0.2) is 12.3 Å². The van der Waals surface area contributed by atoms with Crippen molar-refractivity contribution in [1.29, 1.82) is 0 Å². The molecule has 0 saturated heterocycles. The Morgan fingerprint density at radius 1 is 1.29 bits per heavy atom. The van der Waals surface area contributed by atoms with Gasteiger partial charge in [0.15, 0.2) is 4.77 Å². The van der Waals surface area contributed by atoms with Crippen molar-refractivity contribution in [2.45, 2.75) is 39.2 Å². The lowest BCUT2D eigenvalue weighted by Crippen LogP contribution is -2.01. The van der Waals surface area contributed by atoms with E-state index in [0.29, 0.717) is 4.64 Å². The molecule has 0 aliphatic rings. The molecule has 1 aromatic heterocycles. The lowest BCUT2D eigenvalue weighted by atomic mass is 10.2. The van der Waals surface area contributed by atoms with Crippen LogP contribution in [0.2, 0.25) is 0 Å². The number of rotatable bonds is 5. The Bertz CT molecular complexity index is 378. The fourth-order valence-corrected chi connectivity index (χ4v) is 1.81. The highest BCUT2D eigenvalue weighted by molar-refractivity contribution is 7.72. The van der Waals surface area contributed by atoms with Gasteiger partial charge in [-0.1, -0.05) is 38.4 Å². The van der Waals surface area contributed by atoms with Crippen molar-refractivity contribution in [3.8, 4) is 0 Å². The summed E-state index contributed by atoms with van der Waals surface area (Å²) in [6.07, 6.45) is 6.99. The first kappa shape index (κ1) is 11.6. The molecule has 0 aromatic carbocycles. The number of hydrogen-bond donors (Lipinski definition) is 1. The van der Waals surface area contributed by atoms with E-state index in [0.717, 1.165) is 11.3 Å². The summed E-state index contributed by atoms with van der Waals surface area (Å²) < 4.78 is 3.48.